The SMILES string of the molecule is Clc1ccc(Cc2[nH]c3ccccc3c2/C=N\Nc2nc3ccccc3[nH]2)c(Cl)c1. The topological polar surface area (TPSA) is 68.9 Å². The van der Waals surface area contributed by atoms with E-state index in [0.717, 1.165) is 38.8 Å². The summed E-state index contributed by atoms with van der Waals surface area (Å²) in [5, 5.41) is 6.78. The molecule has 0 amide bonds. The van der Waals surface area contributed by atoms with Crippen LogP contribution in [0, 0.1) is 0 Å². The van der Waals surface area contributed by atoms with E-state index in [9.17, 15) is 0 Å². The van der Waals surface area contributed by atoms with Crippen molar-refractivity contribution in [3.05, 3.63) is 93.6 Å². The quantitative estimate of drug-likeness (QED) is 0.222. The van der Waals surface area contributed by atoms with Crippen molar-refractivity contribution in [3.63, 3.8) is 0 Å². The summed E-state index contributed by atoms with van der Waals surface area (Å²) in [6.07, 6.45) is 2.45. The molecule has 0 radical (unpaired) electrons. The second-order valence-corrected chi connectivity index (χ2v) is 7.79. The predicted octanol–water partition coefficient (Wildman–Crippen LogP) is 6.39. The van der Waals surface area contributed by atoms with Crippen LogP contribution < -0.4 is 5.43 Å². The molecule has 5 rings (SSSR count). The van der Waals surface area contributed by atoms with E-state index >= 15 is 0 Å². The summed E-state index contributed by atoms with van der Waals surface area (Å²) in [6, 6.07) is 21.5. The van der Waals surface area contributed by atoms with Crippen molar-refractivity contribution in [1.82, 2.24) is 15.0 Å². The molecule has 0 unspecified atom stereocenters. The molecule has 0 saturated carbocycles. The van der Waals surface area contributed by atoms with Gasteiger partial charge in [0.25, 0.3) is 0 Å². The molecule has 5 aromatic rings. The van der Waals surface area contributed by atoms with Crippen LogP contribution in [0.4, 0.5) is 5.95 Å². The van der Waals surface area contributed by atoms with Crippen molar-refractivity contribution in [2.24, 2.45) is 5.10 Å². The van der Waals surface area contributed by atoms with Gasteiger partial charge in [-0.05, 0) is 35.9 Å². The Labute approximate surface area is 182 Å². The van der Waals surface area contributed by atoms with Gasteiger partial charge in [-0.25, -0.2) is 10.4 Å². The molecular formula is C23H17Cl2N5. The molecule has 0 aliphatic rings. The minimum absolute atomic E-state index is 0.592. The number of H-pyrrole nitrogens is 2. The van der Waals surface area contributed by atoms with Gasteiger partial charge in [0.1, 0.15) is 0 Å². The van der Waals surface area contributed by atoms with Crippen LogP contribution >= 0.6 is 23.2 Å². The first-order valence-corrected chi connectivity index (χ1v) is 10.2. The molecular weight excluding hydrogens is 417 g/mol. The van der Waals surface area contributed by atoms with Gasteiger partial charge in [-0.3, -0.25) is 0 Å². The molecule has 3 N–H and O–H groups in total. The zero-order valence-electron chi connectivity index (χ0n) is 15.8. The van der Waals surface area contributed by atoms with Gasteiger partial charge in [0, 0.05) is 38.6 Å². The van der Waals surface area contributed by atoms with Crippen molar-refractivity contribution in [2.45, 2.75) is 6.42 Å². The monoisotopic (exact) mass is 433 g/mol. The lowest BCUT2D eigenvalue weighted by atomic mass is 10.1. The van der Waals surface area contributed by atoms with Crippen LogP contribution in [-0.4, -0.2) is 21.2 Å². The van der Waals surface area contributed by atoms with E-state index in [-0.39, 0.29) is 0 Å². The molecule has 0 aliphatic heterocycles. The Morgan fingerprint density at radius 2 is 1.73 bits per heavy atom. The Morgan fingerprint density at radius 3 is 2.57 bits per heavy atom. The minimum Gasteiger partial charge on any atom is -0.358 e. The normalized spacial score (nSPS) is 11.7. The Hall–Kier alpha value is -3.28. The van der Waals surface area contributed by atoms with Crippen molar-refractivity contribution in [2.75, 3.05) is 5.43 Å². The second kappa shape index (κ2) is 7.86. The average molecular weight is 434 g/mol. The number of hydrazone groups is 1. The van der Waals surface area contributed by atoms with Crippen molar-refractivity contribution in [3.8, 4) is 0 Å². The first-order chi connectivity index (χ1) is 14.7. The standard InChI is InChI=1S/C23H17Cl2N5/c24-15-10-9-14(18(25)12-15)11-22-17(16-5-1-2-6-19(16)27-22)13-26-30-23-28-20-7-3-4-8-21(20)29-23/h1-10,12-13,27H,11H2,(H2,28,29,30)/b26-13-. The van der Waals surface area contributed by atoms with E-state index < -0.39 is 0 Å². The first-order valence-electron chi connectivity index (χ1n) is 9.45. The smallest absolute Gasteiger partial charge is 0.222 e. The fourth-order valence-corrected chi connectivity index (χ4v) is 4.00. The maximum atomic E-state index is 6.40. The fraction of sp³-hybridized carbons (Fsp3) is 0.0435. The zero-order chi connectivity index (χ0) is 20.5. The lowest BCUT2D eigenvalue weighted by Gasteiger charge is -2.05. The van der Waals surface area contributed by atoms with Gasteiger partial charge in [-0.1, -0.05) is 59.6 Å². The van der Waals surface area contributed by atoms with Gasteiger partial charge >= 0.3 is 0 Å². The second-order valence-electron chi connectivity index (χ2n) is 6.95. The molecule has 30 heavy (non-hydrogen) atoms. The fourth-order valence-electron chi connectivity index (χ4n) is 3.53. The highest BCUT2D eigenvalue weighted by atomic mass is 35.5. The maximum absolute atomic E-state index is 6.40. The number of halogens is 2. The van der Waals surface area contributed by atoms with Crippen molar-refractivity contribution < 1.29 is 0 Å². The van der Waals surface area contributed by atoms with E-state index in [0.29, 0.717) is 22.4 Å². The van der Waals surface area contributed by atoms with E-state index in [1.54, 1.807) is 6.07 Å². The Morgan fingerprint density at radius 1 is 0.933 bits per heavy atom. The molecule has 0 fully saturated rings. The summed E-state index contributed by atoms with van der Waals surface area (Å²) >= 11 is 12.4. The highest BCUT2D eigenvalue weighted by Gasteiger charge is 2.12. The summed E-state index contributed by atoms with van der Waals surface area (Å²) in [6.45, 7) is 0. The third kappa shape index (κ3) is 3.65. The highest BCUT2D eigenvalue weighted by molar-refractivity contribution is 6.35. The van der Waals surface area contributed by atoms with Crippen LogP contribution in [0.25, 0.3) is 21.9 Å². The van der Waals surface area contributed by atoms with Gasteiger partial charge in [-0.2, -0.15) is 5.10 Å². The molecule has 2 aromatic heterocycles. The van der Waals surface area contributed by atoms with E-state index in [1.165, 1.54) is 0 Å². The number of fused-ring (bicyclic) bond motifs is 2. The number of imidazole rings is 1. The number of aromatic nitrogens is 3. The maximum Gasteiger partial charge on any atom is 0.222 e. The number of aromatic amines is 2. The third-order valence-electron chi connectivity index (χ3n) is 4.96. The molecule has 7 heteroatoms. The molecule has 0 bridgehead atoms. The molecule has 148 valence electrons. The predicted molar refractivity (Wildman–Crippen MR) is 125 cm³/mol. The van der Waals surface area contributed by atoms with Gasteiger partial charge in [0.15, 0.2) is 0 Å². The number of nitrogens with zero attached hydrogens (tertiary/aromatic N) is 2. The Bertz CT molecular complexity index is 1350. The van der Waals surface area contributed by atoms with Gasteiger partial charge < -0.3 is 9.97 Å². The van der Waals surface area contributed by atoms with Crippen molar-refractivity contribution in [1.29, 1.82) is 0 Å². The third-order valence-corrected chi connectivity index (χ3v) is 5.55. The lowest BCUT2D eigenvalue weighted by molar-refractivity contribution is 1.11. The van der Waals surface area contributed by atoms with E-state index in [2.05, 4.69) is 31.5 Å². The summed E-state index contributed by atoms with van der Waals surface area (Å²) < 4.78 is 0. The number of hydrogen-bond donors (Lipinski definition) is 3. The molecule has 0 aliphatic carbocycles. The van der Waals surface area contributed by atoms with Crippen molar-refractivity contribution >= 4 is 57.3 Å². The van der Waals surface area contributed by atoms with Crippen LogP contribution in [0.15, 0.2) is 71.8 Å². The van der Waals surface area contributed by atoms with Gasteiger partial charge in [-0.15, -0.1) is 0 Å². The van der Waals surface area contributed by atoms with Crippen LogP contribution in [-0.2, 0) is 6.42 Å². The van der Waals surface area contributed by atoms with Crippen LogP contribution in [0.5, 0.6) is 0 Å². The average Bonchev–Trinajstić information content (AvgIpc) is 3.31. The van der Waals surface area contributed by atoms with E-state index in [1.807, 2.05) is 60.8 Å². The van der Waals surface area contributed by atoms with Gasteiger partial charge in [0.05, 0.1) is 17.2 Å². The van der Waals surface area contributed by atoms with Crippen LogP contribution in [0.2, 0.25) is 10.0 Å². The minimum atomic E-state index is 0.592. The molecule has 5 nitrogen and oxygen atoms in total. The molecule has 2 heterocycles. The lowest BCUT2D eigenvalue weighted by Crippen LogP contribution is -1.97. The number of hydrogen-bond acceptors (Lipinski definition) is 3. The number of para-hydroxylation sites is 3. The Kier molecular flexibility index (Phi) is 4.91. The summed E-state index contributed by atoms with van der Waals surface area (Å²) in [4.78, 5) is 11.2. The molecule has 0 saturated heterocycles. The Balaban J connectivity index is 1.47. The highest BCUT2D eigenvalue weighted by Crippen LogP contribution is 2.27. The molecule has 3 aromatic carbocycles. The number of nitrogens with one attached hydrogen (secondary N) is 3. The molecule has 0 atom stereocenters. The number of benzene rings is 3. The summed E-state index contributed by atoms with van der Waals surface area (Å²) in [5.41, 5.74) is 8.90. The van der Waals surface area contributed by atoms with E-state index in [4.69, 9.17) is 23.2 Å². The first kappa shape index (κ1) is 18.7. The zero-order valence-corrected chi connectivity index (χ0v) is 17.3. The number of anilines is 1. The summed E-state index contributed by atoms with van der Waals surface area (Å²) in [5.74, 6) is 0.592. The summed E-state index contributed by atoms with van der Waals surface area (Å²) in [7, 11) is 0. The van der Waals surface area contributed by atoms with Gasteiger partial charge in [0.2, 0.25) is 5.95 Å². The molecule has 0 spiro atoms. The number of rotatable bonds is 5. The largest absolute Gasteiger partial charge is 0.358 e. The van der Waals surface area contributed by atoms with Crippen LogP contribution in [0.3, 0.4) is 0 Å². The van der Waals surface area contributed by atoms with Crippen LogP contribution in [0.1, 0.15) is 16.8 Å².